The van der Waals surface area contributed by atoms with Gasteiger partial charge in [-0.05, 0) is 28.9 Å². The van der Waals surface area contributed by atoms with Crippen LogP contribution in [0.4, 0.5) is 0 Å². The lowest BCUT2D eigenvalue weighted by atomic mass is 9.54. The van der Waals surface area contributed by atoms with Crippen LogP contribution in [0.15, 0.2) is 60.7 Å². The van der Waals surface area contributed by atoms with Crippen LogP contribution in [0.1, 0.15) is 30.4 Å². The van der Waals surface area contributed by atoms with Crippen LogP contribution >= 0.6 is 0 Å². The highest BCUT2D eigenvalue weighted by Gasteiger charge is 2.60. The van der Waals surface area contributed by atoms with E-state index in [4.69, 9.17) is 0 Å². The van der Waals surface area contributed by atoms with Crippen LogP contribution in [0.3, 0.4) is 0 Å². The van der Waals surface area contributed by atoms with Crippen LogP contribution in [0.25, 0.3) is 0 Å². The summed E-state index contributed by atoms with van der Waals surface area (Å²) in [5.41, 5.74) is 2.70. The average molecular weight is 291 g/mol. The van der Waals surface area contributed by atoms with Crippen molar-refractivity contribution in [3.63, 3.8) is 0 Å². The number of likely N-dealkylation sites (tertiary alicyclic amines) is 1. The highest BCUT2D eigenvalue weighted by atomic mass is 16.2. The van der Waals surface area contributed by atoms with Crippen molar-refractivity contribution in [1.29, 1.82) is 0 Å². The zero-order valence-electron chi connectivity index (χ0n) is 12.9. The maximum absolute atomic E-state index is 12.9. The van der Waals surface area contributed by atoms with Gasteiger partial charge in [0.25, 0.3) is 0 Å². The normalized spacial score (nSPS) is 30.0. The van der Waals surface area contributed by atoms with Crippen molar-refractivity contribution in [3.05, 3.63) is 71.8 Å². The van der Waals surface area contributed by atoms with Crippen LogP contribution in [-0.4, -0.2) is 17.4 Å². The number of carbonyl (C=O) groups is 1. The van der Waals surface area contributed by atoms with E-state index in [9.17, 15) is 4.79 Å². The lowest BCUT2D eigenvalue weighted by Gasteiger charge is -2.47. The monoisotopic (exact) mass is 291 g/mol. The zero-order valence-corrected chi connectivity index (χ0v) is 12.9. The topological polar surface area (TPSA) is 20.3 Å². The predicted octanol–water partition coefficient (Wildman–Crippen LogP) is 3.84. The molecule has 2 heteroatoms. The fraction of sp³-hybridized carbons (Fsp3) is 0.350. The van der Waals surface area contributed by atoms with Gasteiger partial charge >= 0.3 is 0 Å². The number of nitrogens with zero attached hydrogens (tertiary/aromatic N) is 1. The Hall–Kier alpha value is -2.09. The fourth-order valence-electron chi connectivity index (χ4n) is 4.36. The van der Waals surface area contributed by atoms with Crippen molar-refractivity contribution in [1.82, 2.24) is 4.90 Å². The Morgan fingerprint density at radius 3 is 2.36 bits per heavy atom. The van der Waals surface area contributed by atoms with Gasteiger partial charge < -0.3 is 4.90 Å². The number of hydrogen-bond donors (Lipinski definition) is 0. The molecule has 22 heavy (non-hydrogen) atoms. The zero-order chi connectivity index (χ0) is 15.2. The smallest absolute Gasteiger partial charge is 0.227 e. The van der Waals surface area contributed by atoms with E-state index in [0.717, 1.165) is 19.5 Å². The minimum absolute atomic E-state index is 0.159. The Bertz CT molecular complexity index is 681. The lowest BCUT2D eigenvalue weighted by molar-refractivity contribution is -0.135. The number of rotatable bonds is 3. The molecule has 2 aromatic rings. The Morgan fingerprint density at radius 1 is 1.05 bits per heavy atom. The molecule has 1 aliphatic carbocycles. The van der Waals surface area contributed by atoms with Crippen LogP contribution in [0.5, 0.6) is 0 Å². The second-order valence-electron chi connectivity index (χ2n) is 7.03. The van der Waals surface area contributed by atoms with Crippen molar-refractivity contribution >= 4 is 5.91 Å². The summed E-state index contributed by atoms with van der Waals surface area (Å²) in [6.07, 6.45) is 1.12. The molecule has 0 spiro atoms. The first kappa shape index (κ1) is 13.6. The fourth-order valence-corrected chi connectivity index (χ4v) is 4.36. The Labute approximate surface area is 131 Å². The number of carbonyl (C=O) groups excluding carboxylic acids is 1. The van der Waals surface area contributed by atoms with Gasteiger partial charge in [-0.15, -0.1) is 0 Å². The van der Waals surface area contributed by atoms with Gasteiger partial charge in [-0.1, -0.05) is 67.6 Å². The average Bonchev–Trinajstić information content (AvgIpc) is 2.70. The summed E-state index contributed by atoms with van der Waals surface area (Å²) in [6.45, 7) is 3.92. The molecule has 1 aliphatic heterocycles. The predicted molar refractivity (Wildman–Crippen MR) is 87.3 cm³/mol. The van der Waals surface area contributed by atoms with Crippen LogP contribution in [0.2, 0.25) is 0 Å². The summed E-state index contributed by atoms with van der Waals surface area (Å²) in [6, 6.07) is 20.8. The first-order chi connectivity index (χ1) is 10.7. The maximum Gasteiger partial charge on any atom is 0.227 e. The van der Waals surface area contributed by atoms with E-state index in [0.29, 0.717) is 11.8 Å². The summed E-state index contributed by atoms with van der Waals surface area (Å²) >= 11 is 0. The summed E-state index contributed by atoms with van der Waals surface area (Å²) in [5.74, 6) is 0.907. The molecule has 0 aromatic heterocycles. The molecule has 3 unspecified atom stereocenters. The van der Waals surface area contributed by atoms with Gasteiger partial charge in [0.2, 0.25) is 5.91 Å². The Kier molecular flexibility index (Phi) is 3.07. The molecular formula is C20H21NO. The third kappa shape index (κ3) is 2.06. The third-order valence-corrected chi connectivity index (χ3v) is 5.41. The minimum atomic E-state index is 0.159. The van der Waals surface area contributed by atoms with E-state index in [2.05, 4.69) is 48.2 Å². The second-order valence-corrected chi connectivity index (χ2v) is 7.03. The first-order valence-electron chi connectivity index (χ1n) is 8.05. The lowest BCUT2D eigenvalue weighted by Crippen LogP contribution is -2.44. The van der Waals surface area contributed by atoms with E-state index in [1.165, 1.54) is 11.1 Å². The standard InChI is InChI=1S/C20H21NO/c1-20-12-17(16-10-6-3-7-11-16)18(20)19(22)21(14-20)13-15-8-4-2-5-9-15/h2-11,17-18H,12-14H2,1H3. The van der Waals surface area contributed by atoms with E-state index < -0.39 is 0 Å². The first-order valence-corrected chi connectivity index (χ1v) is 8.05. The number of hydrogen-bond acceptors (Lipinski definition) is 1. The molecule has 2 nitrogen and oxygen atoms in total. The molecule has 1 heterocycles. The van der Waals surface area contributed by atoms with Gasteiger partial charge in [0, 0.05) is 13.1 Å². The quantitative estimate of drug-likeness (QED) is 0.841. The van der Waals surface area contributed by atoms with Crippen LogP contribution < -0.4 is 0 Å². The van der Waals surface area contributed by atoms with Crippen molar-refractivity contribution in [3.8, 4) is 0 Å². The number of fused-ring (bicyclic) bond motifs is 1. The van der Waals surface area contributed by atoms with Gasteiger partial charge in [0.1, 0.15) is 0 Å². The van der Waals surface area contributed by atoms with E-state index in [1.807, 2.05) is 24.3 Å². The number of amides is 1. The third-order valence-electron chi connectivity index (χ3n) is 5.41. The largest absolute Gasteiger partial charge is 0.338 e. The summed E-state index contributed by atoms with van der Waals surface area (Å²) in [4.78, 5) is 14.9. The highest BCUT2D eigenvalue weighted by molar-refractivity contribution is 5.85. The van der Waals surface area contributed by atoms with Gasteiger partial charge in [-0.2, -0.15) is 0 Å². The van der Waals surface area contributed by atoms with E-state index in [-0.39, 0.29) is 11.3 Å². The Morgan fingerprint density at radius 2 is 1.68 bits per heavy atom. The highest BCUT2D eigenvalue weighted by Crippen LogP contribution is 2.60. The molecule has 0 N–H and O–H groups in total. The molecule has 4 rings (SSSR count). The van der Waals surface area contributed by atoms with Gasteiger partial charge in [0.15, 0.2) is 0 Å². The van der Waals surface area contributed by atoms with Crippen LogP contribution in [-0.2, 0) is 11.3 Å². The summed E-state index contributed by atoms with van der Waals surface area (Å²) < 4.78 is 0. The van der Waals surface area contributed by atoms with Gasteiger partial charge in [0.05, 0.1) is 5.92 Å². The summed E-state index contributed by atoms with van der Waals surface area (Å²) in [5, 5.41) is 0. The molecule has 112 valence electrons. The van der Waals surface area contributed by atoms with Gasteiger partial charge in [-0.25, -0.2) is 0 Å². The molecule has 0 radical (unpaired) electrons. The molecule has 0 bridgehead atoms. The Balaban J connectivity index is 1.55. The molecule has 2 aliphatic rings. The van der Waals surface area contributed by atoms with Crippen molar-refractivity contribution < 1.29 is 4.79 Å². The van der Waals surface area contributed by atoms with Crippen molar-refractivity contribution in [2.75, 3.05) is 6.54 Å². The minimum Gasteiger partial charge on any atom is -0.338 e. The molecule has 1 saturated heterocycles. The van der Waals surface area contributed by atoms with Crippen LogP contribution in [0, 0.1) is 11.3 Å². The summed E-state index contributed by atoms with van der Waals surface area (Å²) in [7, 11) is 0. The van der Waals surface area contributed by atoms with Gasteiger partial charge in [-0.3, -0.25) is 4.79 Å². The molecule has 1 amide bonds. The van der Waals surface area contributed by atoms with E-state index in [1.54, 1.807) is 0 Å². The SMILES string of the molecule is CC12CC(c3ccccc3)C1C(=O)N(Cc1ccccc1)C2. The molecule has 1 saturated carbocycles. The molecular weight excluding hydrogens is 270 g/mol. The molecule has 2 aromatic carbocycles. The van der Waals surface area contributed by atoms with Crippen molar-refractivity contribution in [2.24, 2.45) is 11.3 Å². The maximum atomic E-state index is 12.9. The van der Waals surface area contributed by atoms with E-state index >= 15 is 0 Å². The number of benzene rings is 2. The molecule has 3 atom stereocenters. The second kappa shape index (κ2) is 4.98. The van der Waals surface area contributed by atoms with Crippen molar-refractivity contribution in [2.45, 2.75) is 25.8 Å². The molecule has 2 fully saturated rings.